The molecule has 0 radical (unpaired) electrons. The van der Waals surface area contributed by atoms with Crippen LogP contribution in [0.4, 0.5) is 4.39 Å². The molecule has 0 saturated heterocycles. The van der Waals surface area contributed by atoms with Gasteiger partial charge in [0.05, 0.1) is 13.7 Å². The van der Waals surface area contributed by atoms with E-state index >= 15 is 0 Å². The third kappa shape index (κ3) is 5.09. The lowest BCUT2D eigenvalue weighted by molar-refractivity contribution is -0.123. The van der Waals surface area contributed by atoms with Crippen molar-refractivity contribution in [1.82, 2.24) is 25.1 Å². The van der Waals surface area contributed by atoms with Gasteiger partial charge in [-0.05, 0) is 42.5 Å². The average molecular weight is 437 g/mol. The fraction of sp³-hybridized carbons (Fsp3) is 0.182. The third-order valence-electron chi connectivity index (χ3n) is 4.43. The standard InChI is InChI=1S/C22H20FN5O4/c1-30-17-3-2-4-18(13-17)32-14-20(29)24-11-12-31-21-10-9-19-25-26-22(28(19)27-21)15-5-7-16(23)8-6-15/h2-10,13H,11-12,14H2,1H3,(H,24,29). The van der Waals surface area contributed by atoms with Crippen molar-refractivity contribution in [3.05, 3.63) is 66.5 Å². The summed E-state index contributed by atoms with van der Waals surface area (Å²) in [5.74, 6) is 1.37. The van der Waals surface area contributed by atoms with Crippen LogP contribution in [0.25, 0.3) is 17.0 Å². The minimum atomic E-state index is -0.338. The zero-order valence-electron chi connectivity index (χ0n) is 17.2. The second-order valence-electron chi connectivity index (χ2n) is 6.64. The smallest absolute Gasteiger partial charge is 0.258 e. The molecule has 0 atom stereocenters. The van der Waals surface area contributed by atoms with Gasteiger partial charge >= 0.3 is 0 Å². The average Bonchev–Trinajstić information content (AvgIpc) is 3.24. The van der Waals surface area contributed by atoms with Crippen LogP contribution in [0.1, 0.15) is 0 Å². The molecule has 0 saturated carbocycles. The summed E-state index contributed by atoms with van der Waals surface area (Å²) in [6.07, 6.45) is 0. The molecule has 0 aliphatic heterocycles. The van der Waals surface area contributed by atoms with Gasteiger partial charge in [0.1, 0.15) is 23.9 Å². The monoisotopic (exact) mass is 437 g/mol. The highest BCUT2D eigenvalue weighted by Gasteiger charge is 2.11. The van der Waals surface area contributed by atoms with E-state index in [0.717, 1.165) is 0 Å². The fourth-order valence-corrected chi connectivity index (χ4v) is 2.86. The van der Waals surface area contributed by atoms with E-state index in [4.69, 9.17) is 14.2 Å². The van der Waals surface area contributed by atoms with Crippen molar-refractivity contribution in [3.63, 3.8) is 0 Å². The van der Waals surface area contributed by atoms with Crippen molar-refractivity contribution in [2.24, 2.45) is 0 Å². The maximum atomic E-state index is 13.2. The number of ether oxygens (including phenoxy) is 3. The molecular formula is C22H20FN5O4. The van der Waals surface area contributed by atoms with E-state index in [0.29, 0.717) is 34.4 Å². The van der Waals surface area contributed by atoms with E-state index in [1.165, 1.54) is 16.6 Å². The van der Waals surface area contributed by atoms with Gasteiger partial charge in [-0.15, -0.1) is 15.3 Å². The van der Waals surface area contributed by atoms with Gasteiger partial charge < -0.3 is 19.5 Å². The van der Waals surface area contributed by atoms with Crippen LogP contribution >= 0.6 is 0 Å². The first-order chi connectivity index (χ1) is 15.6. The molecule has 10 heteroatoms. The zero-order chi connectivity index (χ0) is 22.3. The normalized spacial score (nSPS) is 10.7. The van der Waals surface area contributed by atoms with Crippen LogP contribution in [-0.2, 0) is 4.79 Å². The number of halogens is 1. The van der Waals surface area contributed by atoms with Crippen molar-refractivity contribution < 1.29 is 23.4 Å². The molecular weight excluding hydrogens is 417 g/mol. The molecule has 164 valence electrons. The Balaban J connectivity index is 1.28. The van der Waals surface area contributed by atoms with Gasteiger partial charge in [-0.3, -0.25) is 4.79 Å². The molecule has 0 aliphatic rings. The van der Waals surface area contributed by atoms with E-state index in [9.17, 15) is 9.18 Å². The number of nitrogens with one attached hydrogen (secondary N) is 1. The first kappa shape index (κ1) is 21.0. The first-order valence-electron chi connectivity index (χ1n) is 9.77. The SMILES string of the molecule is COc1cccc(OCC(=O)NCCOc2ccc3nnc(-c4ccc(F)cc4)n3n2)c1. The third-order valence-corrected chi connectivity index (χ3v) is 4.43. The second-order valence-corrected chi connectivity index (χ2v) is 6.64. The second kappa shape index (κ2) is 9.73. The molecule has 0 aliphatic carbocycles. The lowest BCUT2D eigenvalue weighted by Gasteiger charge is -2.09. The molecule has 0 unspecified atom stereocenters. The van der Waals surface area contributed by atoms with E-state index in [2.05, 4.69) is 20.6 Å². The summed E-state index contributed by atoms with van der Waals surface area (Å²) in [7, 11) is 1.56. The molecule has 2 aromatic carbocycles. The number of benzene rings is 2. The number of hydrogen-bond acceptors (Lipinski definition) is 7. The molecule has 4 aromatic rings. The van der Waals surface area contributed by atoms with Crippen LogP contribution in [0.2, 0.25) is 0 Å². The number of aromatic nitrogens is 4. The Bertz CT molecular complexity index is 1210. The maximum absolute atomic E-state index is 13.2. The summed E-state index contributed by atoms with van der Waals surface area (Å²) >= 11 is 0. The Morgan fingerprint density at radius 2 is 1.84 bits per heavy atom. The van der Waals surface area contributed by atoms with Crippen LogP contribution in [0.5, 0.6) is 17.4 Å². The zero-order valence-corrected chi connectivity index (χ0v) is 17.2. The number of hydrogen-bond donors (Lipinski definition) is 1. The molecule has 9 nitrogen and oxygen atoms in total. The Morgan fingerprint density at radius 3 is 2.66 bits per heavy atom. The maximum Gasteiger partial charge on any atom is 0.258 e. The van der Waals surface area contributed by atoms with Crippen LogP contribution in [0.3, 0.4) is 0 Å². The van der Waals surface area contributed by atoms with Crippen LogP contribution in [0, 0.1) is 5.82 Å². The number of fused-ring (bicyclic) bond motifs is 1. The van der Waals surface area contributed by atoms with Crippen molar-refractivity contribution in [1.29, 1.82) is 0 Å². The van der Waals surface area contributed by atoms with Crippen molar-refractivity contribution in [3.8, 4) is 28.8 Å². The van der Waals surface area contributed by atoms with Gasteiger partial charge in [0.25, 0.3) is 5.91 Å². The largest absolute Gasteiger partial charge is 0.497 e. The Hall–Kier alpha value is -4.21. The van der Waals surface area contributed by atoms with Gasteiger partial charge in [0.15, 0.2) is 18.1 Å². The van der Waals surface area contributed by atoms with E-state index in [-0.39, 0.29) is 31.5 Å². The molecule has 1 amide bonds. The molecule has 1 N–H and O–H groups in total. The van der Waals surface area contributed by atoms with Crippen molar-refractivity contribution in [2.45, 2.75) is 0 Å². The molecule has 0 fully saturated rings. The molecule has 2 aromatic heterocycles. The minimum Gasteiger partial charge on any atom is -0.497 e. The number of rotatable bonds is 9. The summed E-state index contributed by atoms with van der Waals surface area (Å²) in [5, 5.41) is 15.2. The highest BCUT2D eigenvalue weighted by Crippen LogP contribution is 2.20. The number of carbonyl (C=O) groups excluding carboxylic acids is 1. The lowest BCUT2D eigenvalue weighted by atomic mass is 10.2. The van der Waals surface area contributed by atoms with E-state index in [1.807, 2.05) is 0 Å². The summed E-state index contributed by atoms with van der Waals surface area (Å²) < 4.78 is 30.9. The summed E-state index contributed by atoms with van der Waals surface area (Å²) in [5.41, 5.74) is 1.20. The molecule has 0 spiro atoms. The predicted octanol–water partition coefficient (Wildman–Crippen LogP) is 2.51. The van der Waals surface area contributed by atoms with Gasteiger partial charge in [-0.25, -0.2) is 4.39 Å². The topological polar surface area (TPSA) is 99.9 Å². The number of nitrogens with zero attached hydrogens (tertiary/aromatic N) is 4. The van der Waals surface area contributed by atoms with Crippen LogP contribution in [-0.4, -0.2) is 52.6 Å². The quantitative estimate of drug-likeness (QED) is 0.402. The van der Waals surface area contributed by atoms with Gasteiger partial charge in [0.2, 0.25) is 5.88 Å². The number of amides is 1. The van der Waals surface area contributed by atoms with Crippen LogP contribution < -0.4 is 19.5 Å². The minimum absolute atomic E-state index is 0.126. The van der Waals surface area contributed by atoms with Gasteiger partial charge in [-0.2, -0.15) is 4.52 Å². The van der Waals surface area contributed by atoms with E-state index in [1.54, 1.807) is 55.6 Å². The van der Waals surface area contributed by atoms with Gasteiger partial charge in [0, 0.05) is 17.7 Å². The fourth-order valence-electron chi connectivity index (χ4n) is 2.86. The van der Waals surface area contributed by atoms with Gasteiger partial charge in [-0.1, -0.05) is 6.07 Å². The van der Waals surface area contributed by atoms with E-state index < -0.39 is 0 Å². The van der Waals surface area contributed by atoms with Crippen molar-refractivity contribution >= 4 is 11.6 Å². The highest BCUT2D eigenvalue weighted by molar-refractivity contribution is 5.77. The number of methoxy groups -OCH3 is 1. The Labute approximate surface area is 182 Å². The van der Waals surface area contributed by atoms with Crippen molar-refractivity contribution in [2.75, 3.05) is 26.9 Å². The molecule has 0 bridgehead atoms. The highest BCUT2D eigenvalue weighted by atomic mass is 19.1. The summed E-state index contributed by atoms with van der Waals surface area (Å²) in [6, 6.07) is 16.3. The summed E-state index contributed by atoms with van der Waals surface area (Å²) in [6.45, 7) is 0.351. The molecule has 2 heterocycles. The Morgan fingerprint density at radius 1 is 1.03 bits per heavy atom. The predicted molar refractivity (Wildman–Crippen MR) is 113 cm³/mol. The first-order valence-corrected chi connectivity index (χ1v) is 9.77. The Kier molecular flexibility index (Phi) is 6.40. The number of carbonyl (C=O) groups is 1. The van der Waals surface area contributed by atoms with Crippen LogP contribution in [0.15, 0.2) is 60.7 Å². The lowest BCUT2D eigenvalue weighted by Crippen LogP contribution is -2.32. The summed E-state index contributed by atoms with van der Waals surface area (Å²) in [4.78, 5) is 12.0. The molecule has 4 rings (SSSR count). The molecule has 32 heavy (non-hydrogen) atoms.